The summed E-state index contributed by atoms with van der Waals surface area (Å²) in [5.41, 5.74) is 2.07. The lowest BCUT2D eigenvalue weighted by atomic mass is 10.1. The molecule has 4 heteroatoms. The van der Waals surface area contributed by atoms with Crippen molar-refractivity contribution in [2.24, 2.45) is 0 Å². The van der Waals surface area contributed by atoms with Gasteiger partial charge in [-0.1, -0.05) is 31.2 Å². The Morgan fingerprint density at radius 1 is 1.22 bits per heavy atom. The Labute approximate surface area is 108 Å². The average Bonchev–Trinajstić information content (AvgIpc) is 2.83. The summed E-state index contributed by atoms with van der Waals surface area (Å²) in [7, 11) is 0. The molecule has 0 spiro atoms. The van der Waals surface area contributed by atoms with E-state index in [4.69, 9.17) is 0 Å². The molecule has 0 fully saturated rings. The standard InChI is InChI=1S/C14H22N4/c1-4-12(5-2)15-10-11(3)18-14-9-7-6-8-13(14)16-17-18/h6-9,11-12,15H,4-5,10H2,1-3H3. The number of nitrogens with zero attached hydrogens (tertiary/aromatic N) is 3. The van der Waals surface area contributed by atoms with Crippen LogP contribution < -0.4 is 5.32 Å². The van der Waals surface area contributed by atoms with E-state index in [9.17, 15) is 0 Å². The van der Waals surface area contributed by atoms with Gasteiger partial charge in [-0.2, -0.15) is 0 Å². The summed E-state index contributed by atoms with van der Waals surface area (Å²) in [6.45, 7) is 7.55. The molecule has 0 bridgehead atoms. The monoisotopic (exact) mass is 246 g/mol. The van der Waals surface area contributed by atoms with Crippen LogP contribution in [-0.4, -0.2) is 27.6 Å². The predicted molar refractivity (Wildman–Crippen MR) is 74.6 cm³/mol. The fraction of sp³-hybridized carbons (Fsp3) is 0.571. The minimum absolute atomic E-state index is 0.318. The molecule has 0 amide bonds. The molecule has 1 aromatic carbocycles. The van der Waals surface area contributed by atoms with Crippen LogP contribution in [0.5, 0.6) is 0 Å². The van der Waals surface area contributed by atoms with Gasteiger partial charge in [0.15, 0.2) is 0 Å². The van der Waals surface area contributed by atoms with E-state index in [0.29, 0.717) is 12.1 Å². The molecule has 1 heterocycles. The van der Waals surface area contributed by atoms with E-state index in [1.807, 2.05) is 22.9 Å². The summed E-state index contributed by atoms with van der Waals surface area (Å²) in [4.78, 5) is 0. The second kappa shape index (κ2) is 5.96. The van der Waals surface area contributed by atoms with Gasteiger partial charge in [-0.25, -0.2) is 4.68 Å². The highest BCUT2D eigenvalue weighted by Gasteiger charge is 2.12. The zero-order chi connectivity index (χ0) is 13.0. The highest BCUT2D eigenvalue weighted by Crippen LogP contribution is 2.14. The maximum absolute atomic E-state index is 4.25. The van der Waals surface area contributed by atoms with E-state index in [1.165, 1.54) is 12.8 Å². The molecule has 0 saturated heterocycles. The number of hydrogen-bond donors (Lipinski definition) is 1. The van der Waals surface area contributed by atoms with Gasteiger partial charge >= 0.3 is 0 Å². The predicted octanol–water partition coefficient (Wildman–Crippen LogP) is 2.77. The van der Waals surface area contributed by atoms with E-state index in [2.05, 4.69) is 42.5 Å². The maximum Gasteiger partial charge on any atom is 0.113 e. The van der Waals surface area contributed by atoms with Crippen LogP contribution in [0.15, 0.2) is 24.3 Å². The molecule has 0 aliphatic heterocycles. The summed E-state index contributed by atoms with van der Waals surface area (Å²) in [5.74, 6) is 0. The first-order chi connectivity index (χ1) is 8.76. The number of hydrogen-bond acceptors (Lipinski definition) is 3. The molecule has 0 aliphatic rings. The molecule has 1 N–H and O–H groups in total. The van der Waals surface area contributed by atoms with Crippen LogP contribution in [0.2, 0.25) is 0 Å². The Morgan fingerprint density at radius 3 is 2.67 bits per heavy atom. The fourth-order valence-corrected chi connectivity index (χ4v) is 2.21. The number of fused-ring (bicyclic) bond motifs is 1. The lowest BCUT2D eigenvalue weighted by Gasteiger charge is -2.19. The van der Waals surface area contributed by atoms with E-state index in [0.717, 1.165) is 17.6 Å². The Kier molecular flexibility index (Phi) is 4.31. The normalized spacial score (nSPS) is 13.3. The van der Waals surface area contributed by atoms with E-state index in [-0.39, 0.29) is 0 Å². The smallest absolute Gasteiger partial charge is 0.113 e. The van der Waals surface area contributed by atoms with Crippen LogP contribution in [0.4, 0.5) is 0 Å². The van der Waals surface area contributed by atoms with Crippen molar-refractivity contribution in [3.63, 3.8) is 0 Å². The van der Waals surface area contributed by atoms with Gasteiger partial charge in [-0.15, -0.1) is 5.10 Å². The van der Waals surface area contributed by atoms with Crippen LogP contribution in [-0.2, 0) is 0 Å². The Bertz CT molecular complexity index is 487. The van der Waals surface area contributed by atoms with Crippen molar-refractivity contribution in [1.82, 2.24) is 20.3 Å². The maximum atomic E-state index is 4.25. The number of aromatic nitrogens is 3. The second-order valence-corrected chi connectivity index (χ2v) is 4.79. The average molecular weight is 246 g/mol. The summed E-state index contributed by atoms with van der Waals surface area (Å²) in [6, 6.07) is 9.01. The third kappa shape index (κ3) is 2.70. The van der Waals surface area contributed by atoms with Crippen molar-refractivity contribution < 1.29 is 0 Å². The van der Waals surface area contributed by atoms with Gasteiger partial charge < -0.3 is 5.32 Å². The molecule has 98 valence electrons. The SMILES string of the molecule is CCC(CC)NCC(C)n1nnc2ccccc21. The van der Waals surface area contributed by atoms with Crippen LogP contribution in [0.3, 0.4) is 0 Å². The molecule has 2 aromatic rings. The lowest BCUT2D eigenvalue weighted by Crippen LogP contribution is -2.32. The van der Waals surface area contributed by atoms with Crippen LogP contribution in [0.1, 0.15) is 39.7 Å². The summed E-state index contributed by atoms with van der Waals surface area (Å²) < 4.78 is 2.00. The van der Waals surface area contributed by atoms with E-state index in [1.54, 1.807) is 0 Å². The number of para-hydroxylation sites is 1. The molecule has 0 saturated carbocycles. The highest BCUT2D eigenvalue weighted by atomic mass is 15.4. The molecule has 1 unspecified atom stereocenters. The van der Waals surface area contributed by atoms with Gasteiger partial charge in [0, 0.05) is 12.6 Å². The molecule has 1 atom stereocenters. The Balaban J connectivity index is 2.07. The third-order valence-electron chi connectivity index (χ3n) is 3.48. The largest absolute Gasteiger partial charge is 0.312 e. The molecule has 1 aromatic heterocycles. The van der Waals surface area contributed by atoms with Crippen LogP contribution >= 0.6 is 0 Å². The van der Waals surface area contributed by atoms with Gasteiger partial charge in [0.1, 0.15) is 5.52 Å². The Hall–Kier alpha value is -1.42. The number of benzene rings is 1. The van der Waals surface area contributed by atoms with Crippen molar-refractivity contribution in [1.29, 1.82) is 0 Å². The van der Waals surface area contributed by atoms with Crippen molar-refractivity contribution in [3.8, 4) is 0 Å². The van der Waals surface area contributed by atoms with Crippen molar-refractivity contribution >= 4 is 11.0 Å². The molecule has 0 radical (unpaired) electrons. The third-order valence-corrected chi connectivity index (χ3v) is 3.48. The zero-order valence-electron chi connectivity index (χ0n) is 11.4. The van der Waals surface area contributed by atoms with Gasteiger partial charge in [-0.05, 0) is 31.9 Å². The summed E-state index contributed by atoms with van der Waals surface area (Å²) in [5, 5.41) is 12.0. The van der Waals surface area contributed by atoms with Gasteiger partial charge in [0.2, 0.25) is 0 Å². The summed E-state index contributed by atoms with van der Waals surface area (Å²) in [6.07, 6.45) is 2.34. The number of rotatable bonds is 6. The molecular formula is C14H22N4. The quantitative estimate of drug-likeness (QED) is 0.852. The molecule has 2 rings (SSSR count). The minimum Gasteiger partial charge on any atom is -0.312 e. The fourth-order valence-electron chi connectivity index (χ4n) is 2.21. The van der Waals surface area contributed by atoms with Crippen LogP contribution in [0, 0.1) is 0 Å². The lowest BCUT2D eigenvalue weighted by molar-refractivity contribution is 0.402. The molecule has 4 nitrogen and oxygen atoms in total. The first-order valence-corrected chi connectivity index (χ1v) is 6.79. The molecule has 18 heavy (non-hydrogen) atoms. The molecule has 0 aliphatic carbocycles. The van der Waals surface area contributed by atoms with Crippen LogP contribution in [0.25, 0.3) is 11.0 Å². The van der Waals surface area contributed by atoms with Gasteiger partial charge in [-0.3, -0.25) is 0 Å². The van der Waals surface area contributed by atoms with Gasteiger partial charge in [0.05, 0.1) is 11.6 Å². The Morgan fingerprint density at radius 2 is 1.94 bits per heavy atom. The minimum atomic E-state index is 0.318. The highest BCUT2D eigenvalue weighted by molar-refractivity contribution is 5.73. The molecular weight excluding hydrogens is 224 g/mol. The second-order valence-electron chi connectivity index (χ2n) is 4.79. The summed E-state index contributed by atoms with van der Waals surface area (Å²) >= 11 is 0. The van der Waals surface area contributed by atoms with Crippen molar-refractivity contribution in [2.75, 3.05) is 6.54 Å². The number of nitrogens with one attached hydrogen (secondary N) is 1. The van der Waals surface area contributed by atoms with E-state index < -0.39 is 0 Å². The zero-order valence-corrected chi connectivity index (χ0v) is 11.4. The topological polar surface area (TPSA) is 42.7 Å². The first-order valence-electron chi connectivity index (χ1n) is 6.79. The van der Waals surface area contributed by atoms with Gasteiger partial charge in [0.25, 0.3) is 0 Å². The van der Waals surface area contributed by atoms with E-state index >= 15 is 0 Å². The van der Waals surface area contributed by atoms with Crippen molar-refractivity contribution in [2.45, 2.75) is 45.7 Å². The van der Waals surface area contributed by atoms with Crippen molar-refractivity contribution in [3.05, 3.63) is 24.3 Å². The first kappa shape index (κ1) is 13.0.